The molecule has 4 heteroatoms. The summed E-state index contributed by atoms with van der Waals surface area (Å²) >= 11 is 1.75. The normalized spacial score (nSPS) is 20.7. The van der Waals surface area contributed by atoms with E-state index in [1.807, 2.05) is 0 Å². The summed E-state index contributed by atoms with van der Waals surface area (Å²) in [7, 11) is 0. The SMILES string of the molecule is Cc1nc(CCCN2CCCC2CCCO)cs1. The summed E-state index contributed by atoms with van der Waals surface area (Å²) in [5.74, 6) is 0. The number of hydrogen-bond donors (Lipinski definition) is 1. The van der Waals surface area contributed by atoms with Crippen molar-refractivity contribution in [3.63, 3.8) is 0 Å². The molecule has 1 aliphatic heterocycles. The van der Waals surface area contributed by atoms with Crippen molar-refractivity contribution in [2.75, 3.05) is 19.7 Å². The lowest BCUT2D eigenvalue weighted by molar-refractivity contribution is 0.214. The fourth-order valence-electron chi connectivity index (χ4n) is 2.83. The van der Waals surface area contributed by atoms with Crippen LogP contribution >= 0.6 is 11.3 Å². The first-order valence-corrected chi connectivity index (χ1v) is 7.93. The number of aromatic nitrogens is 1. The second-order valence-corrected chi connectivity index (χ2v) is 6.22. The van der Waals surface area contributed by atoms with E-state index in [4.69, 9.17) is 5.11 Å². The van der Waals surface area contributed by atoms with Gasteiger partial charge in [0.05, 0.1) is 10.7 Å². The largest absolute Gasteiger partial charge is 0.396 e. The summed E-state index contributed by atoms with van der Waals surface area (Å²) in [6, 6.07) is 0.717. The van der Waals surface area contributed by atoms with Gasteiger partial charge in [0.25, 0.3) is 0 Å². The van der Waals surface area contributed by atoms with Gasteiger partial charge in [-0.3, -0.25) is 0 Å². The van der Waals surface area contributed by atoms with Crippen molar-refractivity contribution < 1.29 is 5.11 Å². The standard InChI is InChI=1S/C14H24N2OS/c1-12-15-13(11-18-12)5-2-8-16-9-3-6-14(16)7-4-10-17/h11,14,17H,2-10H2,1H3. The van der Waals surface area contributed by atoms with Crippen LogP contribution in [0.1, 0.15) is 42.8 Å². The average Bonchev–Trinajstić information content (AvgIpc) is 2.96. The summed E-state index contributed by atoms with van der Waals surface area (Å²) in [6.45, 7) is 4.83. The molecule has 1 aromatic heterocycles. The Balaban J connectivity index is 1.69. The molecule has 0 amide bonds. The molecule has 2 heterocycles. The molecule has 1 aliphatic rings. The quantitative estimate of drug-likeness (QED) is 0.826. The Labute approximate surface area is 114 Å². The van der Waals surface area contributed by atoms with Crippen LogP contribution in [0.2, 0.25) is 0 Å². The Hall–Kier alpha value is -0.450. The van der Waals surface area contributed by atoms with E-state index in [2.05, 4.69) is 22.2 Å². The molecule has 0 saturated carbocycles. The summed E-state index contributed by atoms with van der Waals surface area (Å²) in [5.41, 5.74) is 1.25. The van der Waals surface area contributed by atoms with Gasteiger partial charge in [-0.25, -0.2) is 4.98 Å². The number of aliphatic hydroxyl groups excluding tert-OH is 1. The monoisotopic (exact) mass is 268 g/mol. The summed E-state index contributed by atoms with van der Waals surface area (Å²) in [5, 5.41) is 12.3. The van der Waals surface area contributed by atoms with Crippen LogP contribution in [-0.4, -0.2) is 40.7 Å². The molecule has 0 radical (unpaired) electrons. The van der Waals surface area contributed by atoms with Crippen LogP contribution in [0.4, 0.5) is 0 Å². The van der Waals surface area contributed by atoms with Crippen LogP contribution in [0.3, 0.4) is 0 Å². The zero-order valence-corrected chi connectivity index (χ0v) is 12.1. The molecule has 102 valence electrons. The van der Waals surface area contributed by atoms with Gasteiger partial charge in [0.15, 0.2) is 0 Å². The van der Waals surface area contributed by atoms with Gasteiger partial charge in [-0.2, -0.15) is 0 Å². The van der Waals surface area contributed by atoms with Gasteiger partial charge >= 0.3 is 0 Å². The molecular weight excluding hydrogens is 244 g/mol. The van der Waals surface area contributed by atoms with E-state index in [0.29, 0.717) is 12.6 Å². The van der Waals surface area contributed by atoms with Crippen molar-refractivity contribution in [1.82, 2.24) is 9.88 Å². The first-order valence-electron chi connectivity index (χ1n) is 7.05. The summed E-state index contributed by atoms with van der Waals surface area (Å²) in [6.07, 6.45) is 7.06. The minimum Gasteiger partial charge on any atom is -0.396 e. The van der Waals surface area contributed by atoms with Crippen molar-refractivity contribution >= 4 is 11.3 Å². The van der Waals surface area contributed by atoms with Gasteiger partial charge < -0.3 is 10.0 Å². The predicted octanol–water partition coefficient (Wildman–Crippen LogP) is 2.62. The van der Waals surface area contributed by atoms with Gasteiger partial charge in [-0.15, -0.1) is 11.3 Å². The molecule has 1 saturated heterocycles. The molecule has 1 unspecified atom stereocenters. The zero-order valence-electron chi connectivity index (χ0n) is 11.3. The number of hydrogen-bond acceptors (Lipinski definition) is 4. The average molecular weight is 268 g/mol. The van der Waals surface area contributed by atoms with Crippen LogP contribution in [0.5, 0.6) is 0 Å². The van der Waals surface area contributed by atoms with Gasteiger partial charge in [0.2, 0.25) is 0 Å². The molecule has 1 aromatic rings. The highest BCUT2D eigenvalue weighted by Gasteiger charge is 2.23. The van der Waals surface area contributed by atoms with Crippen molar-refractivity contribution in [3.8, 4) is 0 Å². The molecule has 0 bridgehead atoms. The molecule has 1 fully saturated rings. The first-order chi connectivity index (χ1) is 8.79. The maximum Gasteiger partial charge on any atom is 0.0897 e. The summed E-state index contributed by atoms with van der Waals surface area (Å²) < 4.78 is 0. The second kappa shape index (κ2) is 7.22. The Morgan fingerprint density at radius 3 is 3.11 bits per heavy atom. The van der Waals surface area contributed by atoms with Gasteiger partial charge in [0.1, 0.15) is 0 Å². The van der Waals surface area contributed by atoms with E-state index in [1.54, 1.807) is 11.3 Å². The topological polar surface area (TPSA) is 36.4 Å². The van der Waals surface area contributed by atoms with E-state index < -0.39 is 0 Å². The van der Waals surface area contributed by atoms with Crippen LogP contribution in [0.25, 0.3) is 0 Å². The lowest BCUT2D eigenvalue weighted by Crippen LogP contribution is -2.30. The Kier molecular flexibility index (Phi) is 5.60. The number of aliphatic hydroxyl groups is 1. The van der Waals surface area contributed by atoms with Gasteiger partial charge in [-0.1, -0.05) is 0 Å². The lowest BCUT2D eigenvalue weighted by atomic mass is 10.1. The minimum absolute atomic E-state index is 0.336. The first kappa shape index (κ1) is 14.0. The molecule has 0 aliphatic carbocycles. The number of aryl methyl sites for hydroxylation is 2. The number of nitrogens with zero attached hydrogens (tertiary/aromatic N) is 2. The van der Waals surface area contributed by atoms with Crippen molar-refractivity contribution in [2.24, 2.45) is 0 Å². The maximum atomic E-state index is 8.91. The molecule has 0 aromatic carbocycles. The Bertz CT molecular complexity index is 353. The Morgan fingerprint density at radius 1 is 1.50 bits per heavy atom. The van der Waals surface area contributed by atoms with Gasteiger partial charge in [0, 0.05) is 18.0 Å². The van der Waals surface area contributed by atoms with Crippen molar-refractivity contribution in [1.29, 1.82) is 0 Å². The van der Waals surface area contributed by atoms with Crippen molar-refractivity contribution in [3.05, 3.63) is 16.1 Å². The Morgan fingerprint density at radius 2 is 2.39 bits per heavy atom. The van der Waals surface area contributed by atoms with E-state index >= 15 is 0 Å². The fraction of sp³-hybridized carbons (Fsp3) is 0.786. The molecular formula is C14H24N2OS. The fourth-order valence-corrected chi connectivity index (χ4v) is 3.48. The second-order valence-electron chi connectivity index (χ2n) is 5.16. The van der Waals surface area contributed by atoms with Crippen LogP contribution in [0.15, 0.2) is 5.38 Å². The summed E-state index contributed by atoms with van der Waals surface area (Å²) in [4.78, 5) is 7.12. The molecule has 1 atom stereocenters. The predicted molar refractivity (Wildman–Crippen MR) is 76.1 cm³/mol. The van der Waals surface area contributed by atoms with E-state index in [0.717, 1.165) is 19.3 Å². The van der Waals surface area contributed by atoms with Crippen LogP contribution in [0, 0.1) is 6.92 Å². The highest BCUT2D eigenvalue weighted by molar-refractivity contribution is 7.09. The molecule has 18 heavy (non-hydrogen) atoms. The van der Waals surface area contributed by atoms with Crippen LogP contribution < -0.4 is 0 Å². The van der Waals surface area contributed by atoms with Crippen LogP contribution in [-0.2, 0) is 6.42 Å². The minimum atomic E-state index is 0.336. The number of thiazole rings is 1. The van der Waals surface area contributed by atoms with E-state index in [9.17, 15) is 0 Å². The smallest absolute Gasteiger partial charge is 0.0897 e. The number of likely N-dealkylation sites (tertiary alicyclic amines) is 1. The number of rotatable bonds is 7. The highest BCUT2D eigenvalue weighted by Crippen LogP contribution is 2.21. The molecule has 2 rings (SSSR count). The van der Waals surface area contributed by atoms with E-state index in [-0.39, 0.29) is 0 Å². The van der Waals surface area contributed by atoms with Gasteiger partial charge in [-0.05, 0) is 58.5 Å². The molecule has 0 spiro atoms. The molecule has 1 N–H and O–H groups in total. The van der Waals surface area contributed by atoms with E-state index in [1.165, 1.54) is 43.1 Å². The molecule has 3 nitrogen and oxygen atoms in total. The third kappa shape index (κ3) is 4.04. The zero-order chi connectivity index (χ0) is 12.8. The maximum absolute atomic E-state index is 8.91. The van der Waals surface area contributed by atoms with Crippen molar-refractivity contribution in [2.45, 2.75) is 51.5 Å². The third-order valence-corrected chi connectivity index (χ3v) is 4.56. The highest BCUT2D eigenvalue weighted by atomic mass is 32.1. The lowest BCUT2D eigenvalue weighted by Gasteiger charge is -2.24. The third-order valence-electron chi connectivity index (χ3n) is 3.74.